The monoisotopic (exact) mass is 312 g/mol. The average Bonchev–Trinajstić information content (AvgIpc) is 2.68. The van der Waals surface area contributed by atoms with E-state index >= 15 is 0 Å². The Morgan fingerprint density at radius 3 is 3.00 bits per heavy atom. The summed E-state index contributed by atoms with van der Waals surface area (Å²) >= 11 is 3.35. The fraction of sp³-hybridized carbons (Fsp3) is 0.571. The van der Waals surface area contributed by atoms with Gasteiger partial charge in [0.15, 0.2) is 0 Å². The number of hydrogen-bond acceptors (Lipinski definition) is 2. The van der Waals surface area contributed by atoms with E-state index in [1.54, 1.807) is 6.07 Å². The van der Waals surface area contributed by atoms with E-state index in [4.69, 9.17) is 0 Å². The van der Waals surface area contributed by atoms with Gasteiger partial charge in [-0.3, -0.25) is 4.90 Å². The van der Waals surface area contributed by atoms with E-state index in [-0.39, 0.29) is 5.82 Å². The Kier molecular flexibility index (Phi) is 3.68. The van der Waals surface area contributed by atoms with E-state index in [0.717, 1.165) is 25.2 Å². The first-order valence-corrected chi connectivity index (χ1v) is 7.43. The van der Waals surface area contributed by atoms with Crippen molar-refractivity contribution in [2.45, 2.75) is 37.9 Å². The van der Waals surface area contributed by atoms with Crippen molar-refractivity contribution in [3.05, 3.63) is 34.1 Å². The molecule has 2 heterocycles. The summed E-state index contributed by atoms with van der Waals surface area (Å²) in [5, 5.41) is 3.67. The van der Waals surface area contributed by atoms with E-state index in [1.807, 2.05) is 6.07 Å². The number of nitrogens with one attached hydrogen (secondary N) is 1. The molecule has 2 saturated heterocycles. The van der Waals surface area contributed by atoms with Crippen LogP contribution < -0.4 is 5.32 Å². The van der Waals surface area contributed by atoms with Gasteiger partial charge >= 0.3 is 0 Å². The zero-order chi connectivity index (χ0) is 12.5. The van der Waals surface area contributed by atoms with Gasteiger partial charge in [0, 0.05) is 31.7 Å². The number of rotatable bonds is 2. The number of likely N-dealkylation sites (tertiary alicyclic amines) is 1. The van der Waals surface area contributed by atoms with Crippen molar-refractivity contribution >= 4 is 15.9 Å². The van der Waals surface area contributed by atoms with Crippen LogP contribution in [-0.4, -0.2) is 30.1 Å². The molecular weight excluding hydrogens is 295 g/mol. The van der Waals surface area contributed by atoms with Crippen LogP contribution in [0.4, 0.5) is 4.39 Å². The maximum atomic E-state index is 13.5. The third-order valence-electron chi connectivity index (χ3n) is 4.03. The van der Waals surface area contributed by atoms with E-state index in [0.29, 0.717) is 16.6 Å². The molecule has 0 aromatic heterocycles. The van der Waals surface area contributed by atoms with Crippen molar-refractivity contribution in [2.24, 2.45) is 0 Å². The van der Waals surface area contributed by atoms with Gasteiger partial charge in [-0.05, 0) is 46.8 Å². The second-order valence-electron chi connectivity index (χ2n) is 5.37. The highest BCUT2D eigenvalue weighted by Crippen LogP contribution is 2.25. The highest BCUT2D eigenvalue weighted by molar-refractivity contribution is 9.10. The van der Waals surface area contributed by atoms with Crippen LogP contribution in [0.15, 0.2) is 22.7 Å². The molecule has 2 atom stereocenters. The van der Waals surface area contributed by atoms with Gasteiger partial charge in [-0.25, -0.2) is 4.39 Å². The molecule has 2 bridgehead atoms. The van der Waals surface area contributed by atoms with Crippen molar-refractivity contribution in [3.8, 4) is 0 Å². The summed E-state index contributed by atoms with van der Waals surface area (Å²) in [6.45, 7) is 3.03. The van der Waals surface area contributed by atoms with Gasteiger partial charge in [-0.2, -0.15) is 0 Å². The number of nitrogens with zero attached hydrogens (tertiary/aromatic N) is 1. The lowest BCUT2D eigenvalue weighted by Gasteiger charge is -2.24. The SMILES string of the molecule is Fc1cccc(CN2CCC3CCC(C2)N3)c1Br. The normalized spacial score (nSPS) is 28.3. The summed E-state index contributed by atoms with van der Waals surface area (Å²) in [6.07, 6.45) is 3.82. The molecule has 2 nitrogen and oxygen atoms in total. The van der Waals surface area contributed by atoms with Gasteiger partial charge in [-0.15, -0.1) is 0 Å². The largest absolute Gasteiger partial charge is 0.310 e. The second kappa shape index (κ2) is 5.27. The van der Waals surface area contributed by atoms with Gasteiger partial charge in [-0.1, -0.05) is 12.1 Å². The number of halogens is 2. The third kappa shape index (κ3) is 2.60. The van der Waals surface area contributed by atoms with Crippen LogP contribution in [0.2, 0.25) is 0 Å². The number of hydrogen-bond donors (Lipinski definition) is 1. The first-order valence-electron chi connectivity index (χ1n) is 6.63. The third-order valence-corrected chi connectivity index (χ3v) is 4.92. The molecule has 98 valence electrons. The minimum atomic E-state index is -0.165. The molecule has 2 fully saturated rings. The lowest BCUT2D eigenvalue weighted by atomic mass is 10.1. The molecule has 2 aliphatic heterocycles. The number of fused-ring (bicyclic) bond motifs is 2. The Bertz CT molecular complexity index is 438. The number of benzene rings is 1. The van der Waals surface area contributed by atoms with Crippen LogP contribution in [0.1, 0.15) is 24.8 Å². The van der Waals surface area contributed by atoms with Crippen molar-refractivity contribution < 1.29 is 4.39 Å². The molecule has 2 aliphatic rings. The summed E-state index contributed by atoms with van der Waals surface area (Å²) in [5.41, 5.74) is 1.05. The smallest absolute Gasteiger partial charge is 0.137 e. The molecule has 0 radical (unpaired) electrons. The summed E-state index contributed by atoms with van der Waals surface area (Å²) < 4.78 is 14.1. The quantitative estimate of drug-likeness (QED) is 0.903. The molecule has 3 rings (SSSR count). The van der Waals surface area contributed by atoms with Crippen LogP contribution >= 0.6 is 15.9 Å². The van der Waals surface area contributed by atoms with Gasteiger partial charge < -0.3 is 5.32 Å². The predicted molar refractivity (Wildman–Crippen MR) is 73.9 cm³/mol. The van der Waals surface area contributed by atoms with Crippen LogP contribution in [0.25, 0.3) is 0 Å². The Balaban J connectivity index is 1.70. The van der Waals surface area contributed by atoms with E-state index < -0.39 is 0 Å². The van der Waals surface area contributed by atoms with Crippen molar-refractivity contribution in [2.75, 3.05) is 13.1 Å². The van der Waals surface area contributed by atoms with E-state index in [1.165, 1.54) is 25.3 Å². The van der Waals surface area contributed by atoms with E-state index in [9.17, 15) is 4.39 Å². The highest BCUT2D eigenvalue weighted by Gasteiger charge is 2.29. The lowest BCUT2D eigenvalue weighted by molar-refractivity contribution is 0.250. The van der Waals surface area contributed by atoms with Crippen molar-refractivity contribution in [3.63, 3.8) is 0 Å². The zero-order valence-corrected chi connectivity index (χ0v) is 11.9. The zero-order valence-electron chi connectivity index (χ0n) is 10.3. The molecule has 18 heavy (non-hydrogen) atoms. The Labute approximate surface area is 116 Å². The van der Waals surface area contributed by atoms with Crippen molar-refractivity contribution in [1.82, 2.24) is 10.2 Å². The first kappa shape index (κ1) is 12.6. The van der Waals surface area contributed by atoms with Gasteiger partial charge in [0.1, 0.15) is 5.82 Å². The molecular formula is C14H18BrFN2. The maximum Gasteiger partial charge on any atom is 0.137 e. The van der Waals surface area contributed by atoms with Crippen LogP contribution in [0.3, 0.4) is 0 Å². The standard InChI is InChI=1S/C14H18BrFN2/c15-14-10(2-1-3-13(14)16)8-18-7-6-11-4-5-12(9-18)17-11/h1-3,11-12,17H,4-9H2. The molecule has 2 unspecified atom stereocenters. The molecule has 1 aromatic carbocycles. The molecule has 0 amide bonds. The van der Waals surface area contributed by atoms with Gasteiger partial charge in [0.2, 0.25) is 0 Å². The van der Waals surface area contributed by atoms with Crippen LogP contribution in [-0.2, 0) is 6.54 Å². The predicted octanol–water partition coefficient (Wildman–Crippen LogP) is 2.91. The minimum absolute atomic E-state index is 0.165. The molecule has 4 heteroatoms. The topological polar surface area (TPSA) is 15.3 Å². The highest BCUT2D eigenvalue weighted by atomic mass is 79.9. The summed E-state index contributed by atoms with van der Waals surface area (Å²) in [4.78, 5) is 2.44. The Hall–Kier alpha value is -0.450. The summed E-state index contributed by atoms with van der Waals surface area (Å²) in [6, 6.07) is 6.63. The maximum absolute atomic E-state index is 13.5. The molecule has 0 aliphatic carbocycles. The van der Waals surface area contributed by atoms with Crippen molar-refractivity contribution in [1.29, 1.82) is 0 Å². The fourth-order valence-corrected chi connectivity index (χ4v) is 3.46. The summed E-state index contributed by atoms with van der Waals surface area (Å²) in [7, 11) is 0. The van der Waals surface area contributed by atoms with Crippen LogP contribution in [0, 0.1) is 5.82 Å². The van der Waals surface area contributed by atoms with Gasteiger partial charge in [0.25, 0.3) is 0 Å². The van der Waals surface area contributed by atoms with Gasteiger partial charge in [0.05, 0.1) is 4.47 Å². The average molecular weight is 313 g/mol. The molecule has 0 saturated carbocycles. The molecule has 0 spiro atoms. The fourth-order valence-electron chi connectivity index (χ4n) is 3.07. The Morgan fingerprint density at radius 2 is 2.11 bits per heavy atom. The first-order chi connectivity index (χ1) is 8.72. The lowest BCUT2D eigenvalue weighted by Crippen LogP contribution is -2.35. The van der Waals surface area contributed by atoms with E-state index in [2.05, 4.69) is 26.1 Å². The molecule has 1 aromatic rings. The summed E-state index contributed by atoms with van der Waals surface area (Å²) in [5.74, 6) is -0.165. The van der Waals surface area contributed by atoms with Crippen LogP contribution in [0.5, 0.6) is 0 Å². The molecule has 1 N–H and O–H groups in total. The Morgan fingerprint density at radius 1 is 1.28 bits per heavy atom. The second-order valence-corrected chi connectivity index (χ2v) is 6.17. The minimum Gasteiger partial charge on any atom is -0.310 e.